The normalized spacial score (nSPS) is 15.3. The molecule has 0 unspecified atom stereocenters. The van der Waals surface area contributed by atoms with Gasteiger partial charge in [-0.15, -0.1) is 0 Å². The van der Waals surface area contributed by atoms with E-state index in [9.17, 15) is 4.79 Å². The van der Waals surface area contributed by atoms with Gasteiger partial charge in [0.1, 0.15) is 5.75 Å². The Morgan fingerprint density at radius 3 is 2.47 bits per heavy atom. The lowest BCUT2D eigenvalue weighted by molar-refractivity contribution is -0.118. The van der Waals surface area contributed by atoms with Crippen molar-refractivity contribution in [2.24, 2.45) is 0 Å². The Labute approximate surface area is 101 Å². The van der Waals surface area contributed by atoms with Crippen molar-refractivity contribution in [3.8, 4) is 5.75 Å². The minimum atomic E-state index is 0.0791. The van der Waals surface area contributed by atoms with Crippen LogP contribution in [-0.2, 0) is 4.79 Å². The van der Waals surface area contributed by atoms with Gasteiger partial charge < -0.3 is 15.4 Å². The fraction of sp³-hybridized carbons (Fsp3) is 0.462. The van der Waals surface area contributed by atoms with Gasteiger partial charge in [-0.1, -0.05) is 0 Å². The number of hydrogen-bond donors (Lipinski definition) is 1. The molecule has 1 amide bonds. The van der Waals surface area contributed by atoms with Crippen LogP contribution in [0.1, 0.15) is 23.1 Å². The molecule has 1 heterocycles. The SMILES string of the molecule is Cc1c(C)c2c(c(C)c1N)OCCC(=O)N2C. The number of nitrogens with zero attached hydrogens (tertiary/aromatic N) is 1. The molecular weight excluding hydrogens is 216 g/mol. The van der Waals surface area contributed by atoms with Crippen LogP contribution < -0.4 is 15.4 Å². The summed E-state index contributed by atoms with van der Waals surface area (Å²) in [6, 6.07) is 0. The van der Waals surface area contributed by atoms with Crippen molar-refractivity contribution in [1.82, 2.24) is 0 Å². The average molecular weight is 234 g/mol. The highest BCUT2D eigenvalue weighted by molar-refractivity contribution is 5.97. The van der Waals surface area contributed by atoms with Crippen LogP contribution in [0.5, 0.6) is 5.75 Å². The van der Waals surface area contributed by atoms with Gasteiger partial charge in [0.25, 0.3) is 0 Å². The topological polar surface area (TPSA) is 55.6 Å². The second-order valence-electron chi connectivity index (χ2n) is 4.52. The molecule has 1 aromatic rings. The van der Waals surface area contributed by atoms with Gasteiger partial charge in [0.2, 0.25) is 5.91 Å². The summed E-state index contributed by atoms with van der Waals surface area (Å²) >= 11 is 0. The smallest absolute Gasteiger partial charge is 0.230 e. The first-order chi connectivity index (χ1) is 7.95. The van der Waals surface area contributed by atoms with E-state index >= 15 is 0 Å². The number of anilines is 2. The molecule has 0 atom stereocenters. The maximum Gasteiger partial charge on any atom is 0.230 e. The van der Waals surface area contributed by atoms with E-state index < -0.39 is 0 Å². The summed E-state index contributed by atoms with van der Waals surface area (Å²) in [5.74, 6) is 0.828. The van der Waals surface area contributed by atoms with Gasteiger partial charge in [0, 0.05) is 18.3 Å². The predicted octanol–water partition coefficient (Wildman–Crippen LogP) is 1.94. The number of rotatable bonds is 0. The summed E-state index contributed by atoms with van der Waals surface area (Å²) < 4.78 is 5.69. The van der Waals surface area contributed by atoms with Gasteiger partial charge in [-0.05, 0) is 31.9 Å². The second-order valence-corrected chi connectivity index (χ2v) is 4.52. The number of benzene rings is 1. The molecule has 0 radical (unpaired) electrons. The van der Waals surface area contributed by atoms with E-state index in [1.807, 2.05) is 20.8 Å². The summed E-state index contributed by atoms with van der Waals surface area (Å²) in [5.41, 5.74) is 10.6. The third-order valence-electron chi connectivity index (χ3n) is 3.55. The molecule has 1 aliphatic rings. The summed E-state index contributed by atoms with van der Waals surface area (Å²) in [5, 5.41) is 0. The zero-order valence-electron chi connectivity index (χ0n) is 10.8. The van der Waals surface area contributed by atoms with Gasteiger partial charge in [-0.2, -0.15) is 0 Å². The summed E-state index contributed by atoms with van der Waals surface area (Å²) in [6.45, 7) is 6.30. The van der Waals surface area contributed by atoms with E-state index in [0.29, 0.717) is 13.0 Å². The van der Waals surface area contributed by atoms with Crippen molar-refractivity contribution in [2.75, 3.05) is 24.3 Å². The third kappa shape index (κ3) is 1.64. The molecule has 0 aromatic heterocycles. The largest absolute Gasteiger partial charge is 0.490 e. The molecule has 1 aliphatic heterocycles. The molecule has 1 aromatic carbocycles. The van der Waals surface area contributed by atoms with Crippen LogP contribution in [-0.4, -0.2) is 19.6 Å². The lowest BCUT2D eigenvalue weighted by Gasteiger charge is -2.23. The maximum absolute atomic E-state index is 11.9. The van der Waals surface area contributed by atoms with Crippen LogP contribution in [0.25, 0.3) is 0 Å². The van der Waals surface area contributed by atoms with Crippen LogP contribution in [0.4, 0.5) is 11.4 Å². The van der Waals surface area contributed by atoms with Gasteiger partial charge in [0.05, 0.1) is 18.7 Å². The lowest BCUT2D eigenvalue weighted by Crippen LogP contribution is -2.26. The Morgan fingerprint density at radius 1 is 1.18 bits per heavy atom. The van der Waals surface area contributed by atoms with Gasteiger partial charge in [-0.25, -0.2) is 0 Å². The monoisotopic (exact) mass is 234 g/mol. The second kappa shape index (κ2) is 3.95. The summed E-state index contributed by atoms with van der Waals surface area (Å²) in [4.78, 5) is 13.5. The zero-order chi connectivity index (χ0) is 12.7. The first-order valence-electron chi connectivity index (χ1n) is 5.73. The quantitative estimate of drug-likeness (QED) is 0.698. The Balaban J connectivity index is 2.76. The molecule has 2 rings (SSSR count). The Kier molecular flexibility index (Phi) is 2.73. The summed E-state index contributed by atoms with van der Waals surface area (Å²) in [7, 11) is 1.79. The minimum Gasteiger partial charge on any atom is -0.490 e. The van der Waals surface area contributed by atoms with Crippen LogP contribution in [0.3, 0.4) is 0 Å². The number of carbonyl (C=O) groups is 1. The van der Waals surface area contributed by atoms with Crippen LogP contribution in [0, 0.1) is 20.8 Å². The minimum absolute atomic E-state index is 0.0791. The Morgan fingerprint density at radius 2 is 1.82 bits per heavy atom. The molecular formula is C13H18N2O2. The van der Waals surface area contributed by atoms with E-state index in [1.54, 1.807) is 11.9 Å². The number of hydrogen-bond acceptors (Lipinski definition) is 3. The highest BCUT2D eigenvalue weighted by Crippen LogP contribution is 2.42. The molecule has 0 bridgehead atoms. The zero-order valence-corrected chi connectivity index (χ0v) is 10.8. The van der Waals surface area contributed by atoms with E-state index in [2.05, 4.69) is 0 Å². The molecule has 0 spiro atoms. The van der Waals surface area contributed by atoms with Crippen molar-refractivity contribution in [1.29, 1.82) is 0 Å². The van der Waals surface area contributed by atoms with Crippen molar-refractivity contribution in [2.45, 2.75) is 27.2 Å². The fourth-order valence-corrected chi connectivity index (χ4v) is 2.24. The van der Waals surface area contributed by atoms with Crippen LogP contribution in [0.15, 0.2) is 0 Å². The highest BCUT2D eigenvalue weighted by Gasteiger charge is 2.25. The van der Waals surface area contributed by atoms with Crippen molar-refractivity contribution in [3.63, 3.8) is 0 Å². The molecule has 17 heavy (non-hydrogen) atoms. The molecule has 4 nitrogen and oxygen atoms in total. The van der Waals surface area contributed by atoms with Crippen molar-refractivity contribution < 1.29 is 9.53 Å². The maximum atomic E-state index is 11.9. The standard InChI is InChI=1S/C13H18N2O2/c1-7-8(2)12-13(9(3)11(7)14)17-6-5-10(16)15(12)4/h5-6,14H2,1-4H3. The third-order valence-corrected chi connectivity index (χ3v) is 3.55. The van der Waals surface area contributed by atoms with E-state index in [0.717, 1.165) is 33.8 Å². The highest BCUT2D eigenvalue weighted by atomic mass is 16.5. The predicted molar refractivity (Wildman–Crippen MR) is 68.6 cm³/mol. The molecule has 0 aliphatic carbocycles. The van der Waals surface area contributed by atoms with E-state index in [-0.39, 0.29) is 5.91 Å². The van der Waals surface area contributed by atoms with E-state index in [1.165, 1.54) is 0 Å². The van der Waals surface area contributed by atoms with Crippen molar-refractivity contribution >= 4 is 17.3 Å². The molecule has 4 heteroatoms. The van der Waals surface area contributed by atoms with Gasteiger partial charge in [0.15, 0.2) is 0 Å². The van der Waals surface area contributed by atoms with Crippen molar-refractivity contribution in [3.05, 3.63) is 16.7 Å². The first-order valence-corrected chi connectivity index (χ1v) is 5.73. The number of nitrogen functional groups attached to an aromatic ring is 1. The molecule has 92 valence electrons. The fourth-order valence-electron chi connectivity index (χ4n) is 2.24. The first kappa shape index (κ1) is 11.8. The number of fused-ring (bicyclic) bond motifs is 1. The van der Waals surface area contributed by atoms with Crippen LogP contribution in [0.2, 0.25) is 0 Å². The van der Waals surface area contributed by atoms with Gasteiger partial charge in [-0.3, -0.25) is 4.79 Å². The number of nitrogens with two attached hydrogens (primary N) is 1. The van der Waals surface area contributed by atoms with Gasteiger partial charge >= 0.3 is 0 Å². The van der Waals surface area contributed by atoms with Crippen LogP contribution >= 0.6 is 0 Å². The van der Waals surface area contributed by atoms with E-state index in [4.69, 9.17) is 10.5 Å². The number of ether oxygens (including phenoxy) is 1. The number of amides is 1. The Bertz CT molecular complexity index is 495. The summed E-state index contributed by atoms with van der Waals surface area (Å²) in [6.07, 6.45) is 0.406. The molecule has 0 saturated heterocycles. The number of carbonyl (C=O) groups excluding carboxylic acids is 1. The lowest BCUT2D eigenvalue weighted by atomic mass is 9.99. The molecule has 0 saturated carbocycles. The Hall–Kier alpha value is -1.71. The average Bonchev–Trinajstić information content (AvgIpc) is 2.45. The molecule has 0 fully saturated rings. The molecule has 2 N–H and O–H groups in total.